The first kappa shape index (κ1) is 46.9. The zero-order valence-electron chi connectivity index (χ0n) is 43.8. The van der Waals surface area contributed by atoms with Crippen LogP contribution in [-0.2, 0) is 10.2 Å². The van der Waals surface area contributed by atoms with Gasteiger partial charge in [-0.25, -0.2) is 9.97 Å². The standard InChI is InChI=1S/C63H65N5O10/c1-30-19-35-44(40(69)20-30)50(72)46-41-21-33-32(45(46)49(35)71)10-18-64-55(33)65-26-43(70)61-28-58(13-4-5-14-58)24-37(61)34-22-42(60-15-6-7-31(60)8-9-39-52(60)67-29-66-39)68-48(34)36-23-62(77-41)53(74)51(73)54(75)63(78-62)47(36)38(61)25-59(56(63)76)17-16-57(27-59)11-2-3-12-57/h8-10,18-23,29,31,37,43,51,53-54,56,68-70,73-76H,2-7,11-17,24-28H2,1H3,(H,64,65)(H,66,67)/t31-,37+,43+,51-,53-,54+,56-,59+,60-,61-,62-,63+/m1/s1. The summed E-state index contributed by atoms with van der Waals surface area (Å²) >= 11 is 0. The molecule has 4 aliphatic heterocycles. The molecule has 15 heteroatoms. The number of imidazole rings is 1. The SMILES string of the molecule is Cc1cc(O)c2c(c1)C(=O)c1c(c3cc4c(nccc14)NC[C@H](O)[C@]14CC5(CCCC5)C[C@H]1c1cc([C@@]56CCC[C@@H]5C=Cc5nc[nH]c56)[nH]c1C1=C[C@@]5(O3)O[C@@]3(C1=C4C[C@]1(CCC4(CCCC4)C1)[C@H]3O)[C@@H](O)[C@H](O)[C@H]5O)C2=O. The molecule has 7 heterocycles. The molecular weight excluding hydrogens is 987 g/mol. The number of hydrogen-bond donors (Lipinski definition) is 9. The number of allylic oxidation sites excluding steroid dienone is 1. The maximum Gasteiger partial charge on any atom is 0.261 e. The summed E-state index contributed by atoms with van der Waals surface area (Å²) in [5, 5.41) is 83.6. The summed E-state index contributed by atoms with van der Waals surface area (Å²) in [4.78, 5) is 48.0. The van der Waals surface area contributed by atoms with Crippen LogP contribution >= 0.6 is 0 Å². The number of pyridine rings is 1. The highest BCUT2D eigenvalue weighted by Gasteiger charge is 2.77. The van der Waals surface area contributed by atoms with Crippen molar-refractivity contribution >= 4 is 39.8 Å². The third-order valence-electron chi connectivity index (χ3n) is 23.2. The lowest BCUT2D eigenvalue weighted by molar-refractivity contribution is -0.366. The highest BCUT2D eigenvalue weighted by molar-refractivity contribution is 6.34. The Bertz CT molecular complexity index is 3670. The smallest absolute Gasteiger partial charge is 0.261 e. The molecule has 0 radical (unpaired) electrons. The van der Waals surface area contributed by atoms with Gasteiger partial charge in [0, 0.05) is 57.0 Å². The number of nitrogens with one attached hydrogen (secondary N) is 3. The number of fused-ring (bicyclic) bond motifs is 10. The third-order valence-corrected chi connectivity index (χ3v) is 23.2. The largest absolute Gasteiger partial charge is 0.507 e. The minimum atomic E-state index is -2.45. The first-order chi connectivity index (χ1) is 37.6. The molecule has 8 bridgehead atoms. The molecule has 1 saturated heterocycles. The highest BCUT2D eigenvalue weighted by Crippen LogP contribution is 2.77. The van der Waals surface area contributed by atoms with E-state index in [9.17, 15) is 30.6 Å². The summed E-state index contributed by atoms with van der Waals surface area (Å²) in [6.45, 7) is 1.76. The maximum absolute atomic E-state index is 15.4. The number of aliphatic hydroxyl groups is 5. The van der Waals surface area contributed by atoms with Crippen molar-refractivity contribution in [3.63, 3.8) is 0 Å². The Morgan fingerprint density at radius 3 is 2.44 bits per heavy atom. The van der Waals surface area contributed by atoms with Gasteiger partial charge in [-0.3, -0.25) is 9.59 Å². The Morgan fingerprint density at radius 2 is 1.62 bits per heavy atom. The van der Waals surface area contributed by atoms with Gasteiger partial charge in [0.15, 0.2) is 17.5 Å². The lowest BCUT2D eigenvalue weighted by Gasteiger charge is -2.64. The minimum absolute atomic E-state index is 0.00589. The van der Waals surface area contributed by atoms with Crippen molar-refractivity contribution in [1.29, 1.82) is 0 Å². The summed E-state index contributed by atoms with van der Waals surface area (Å²) in [5.41, 5.74) is 1.98. The van der Waals surface area contributed by atoms with Crippen molar-refractivity contribution < 1.29 is 49.7 Å². The zero-order chi connectivity index (χ0) is 52.8. The number of nitrogens with zero attached hydrogens (tertiary/aromatic N) is 2. The molecule has 6 fully saturated rings. The van der Waals surface area contributed by atoms with Gasteiger partial charge in [0.2, 0.25) is 5.78 Å². The van der Waals surface area contributed by atoms with Crippen molar-refractivity contribution in [3.05, 3.63) is 122 Å². The zero-order valence-corrected chi connectivity index (χ0v) is 43.8. The van der Waals surface area contributed by atoms with Crippen LogP contribution < -0.4 is 10.1 Å². The minimum Gasteiger partial charge on any atom is -0.507 e. The van der Waals surface area contributed by atoms with Crippen LogP contribution in [0.1, 0.15) is 181 Å². The summed E-state index contributed by atoms with van der Waals surface area (Å²) in [7, 11) is 0. The number of carbonyl (C=O) groups is 2. The van der Waals surface area contributed by atoms with Crippen LogP contribution in [0.4, 0.5) is 5.82 Å². The predicted octanol–water partition coefficient (Wildman–Crippen LogP) is 8.23. The van der Waals surface area contributed by atoms with Crippen molar-refractivity contribution in [2.45, 2.75) is 169 Å². The first-order valence-corrected chi connectivity index (χ1v) is 29.0. The van der Waals surface area contributed by atoms with Gasteiger partial charge in [-0.1, -0.05) is 43.8 Å². The molecule has 9 N–H and O–H groups in total. The number of ketones is 2. The molecule has 5 aromatic rings. The van der Waals surface area contributed by atoms with Crippen molar-refractivity contribution in [2.75, 3.05) is 11.9 Å². The van der Waals surface area contributed by atoms with Crippen LogP contribution in [-0.4, -0.2) is 111 Å². The molecule has 12 atom stereocenters. The van der Waals surface area contributed by atoms with Gasteiger partial charge in [0.25, 0.3) is 5.79 Å². The Hall–Kier alpha value is -5.94. The van der Waals surface area contributed by atoms with Crippen molar-refractivity contribution in [1.82, 2.24) is 19.9 Å². The Kier molecular flexibility index (Phi) is 9.07. The fraction of sp³-hybridized carbons (Fsp3) is 0.524. The molecule has 15 nitrogen and oxygen atoms in total. The second kappa shape index (κ2) is 15.1. The Morgan fingerprint density at radius 1 is 0.808 bits per heavy atom. The number of aliphatic hydroxyl groups excluding tert-OH is 5. The third kappa shape index (κ3) is 5.43. The number of aromatic amines is 2. The first-order valence-electron chi connectivity index (χ1n) is 29.0. The number of aromatic nitrogens is 4. The fourth-order valence-corrected chi connectivity index (χ4v) is 20.1. The molecule has 0 amide bonds. The number of aryl methyl sites for hydroxylation is 1. The number of ether oxygens (including phenoxy) is 2. The van der Waals surface area contributed by atoms with Crippen molar-refractivity contribution in [3.8, 4) is 11.5 Å². The van der Waals surface area contributed by atoms with Crippen LogP contribution in [0.3, 0.4) is 0 Å². The predicted molar refractivity (Wildman–Crippen MR) is 286 cm³/mol. The van der Waals surface area contributed by atoms with E-state index in [0.717, 1.165) is 112 Å². The summed E-state index contributed by atoms with van der Waals surface area (Å²) in [6.07, 6.45) is 16.1. The number of anilines is 1. The van der Waals surface area contributed by atoms with E-state index < -0.39 is 69.7 Å². The van der Waals surface area contributed by atoms with E-state index in [1.54, 1.807) is 43.7 Å². The molecule has 3 aromatic heterocycles. The normalized spacial score (nSPS) is 38.5. The molecule has 0 unspecified atom stereocenters. The number of rotatable bonds is 1. The van der Waals surface area contributed by atoms with E-state index in [2.05, 4.69) is 33.5 Å². The topological polar surface area (TPSA) is 243 Å². The van der Waals surface area contributed by atoms with E-state index in [1.807, 2.05) is 0 Å². The monoisotopic (exact) mass is 1050 g/mol. The lowest BCUT2D eigenvalue weighted by Crippen LogP contribution is -2.79. The molecule has 6 spiro atoms. The number of benzene rings is 2. The maximum atomic E-state index is 15.4. The van der Waals surface area contributed by atoms with Gasteiger partial charge < -0.3 is 55.4 Å². The van der Waals surface area contributed by atoms with Gasteiger partial charge >= 0.3 is 0 Å². The van der Waals surface area contributed by atoms with E-state index in [4.69, 9.17) is 19.4 Å². The lowest BCUT2D eigenvalue weighted by atomic mass is 9.50. The molecular formula is C63H65N5O10. The van der Waals surface area contributed by atoms with Crippen LogP contribution in [0, 0.1) is 34.5 Å². The van der Waals surface area contributed by atoms with Crippen molar-refractivity contribution in [2.24, 2.45) is 27.6 Å². The Balaban J connectivity index is 1.01. The highest BCUT2D eigenvalue weighted by atomic mass is 16.7. The number of aromatic hydroxyl groups is 1. The average molecular weight is 1050 g/mol. The second-order valence-corrected chi connectivity index (χ2v) is 26.7. The molecule has 2 aromatic carbocycles. The summed E-state index contributed by atoms with van der Waals surface area (Å²) < 4.78 is 15.0. The van der Waals surface area contributed by atoms with Gasteiger partial charge in [0.1, 0.15) is 29.5 Å². The molecule has 78 heavy (non-hydrogen) atoms. The van der Waals surface area contributed by atoms with Gasteiger partial charge in [-0.05, 0) is 171 Å². The molecule has 9 aliphatic carbocycles. The molecule has 18 rings (SSSR count). The number of phenolic OH excluding ortho intramolecular Hbond substituents is 1. The molecule has 402 valence electrons. The molecule has 5 saturated carbocycles. The number of H-pyrrole nitrogens is 2. The van der Waals surface area contributed by atoms with Crippen LogP contribution in [0.25, 0.3) is 22.4 Å². The number of phenols is 1. The average Bonchev–Trinajstić information content (AvgIpc) is 3.97. The van der Waals surface area contributed by atoms with Crippen LogP contribution in [0.15, 0.2) is 66.2 Å². The summed E-state index contributed by atoms with van der Waals surface area (Å²) in [5.74, 6) is -4.09. The quantitative estimate of drug-likeness (QED) is 0.0755. The number of hydrogen-bond acceptors (Lipinski definition) is 13. The number of carbonyl (C=O) groups excluding carboxylic acids is 2. The van der Waals surface area contributed by atoms with E-state index in [-0.39, 0.29) is 63.0 Å². The van der Waals surface area contributed by atoms with E-state index in [0.29, 0.717) is 64.7 Å². The van der Waals surface area contributed by atoms with Crippen LogP contribution in [0.5, 0.6) is 11.5 Å². The van der Waals surface area contributed by atoms with E-state index >= 15 is 9.59 Å². The van der Waals surface area contributed by atoms with Gasteiger partial charge in [-0.2, -0.15) is 0 Å². The second-order valence-electron chi connectivity index (χ2n) is 26.7. The van der Waals surface area contributed by atoms with E-state index in [1.165, 1.54) is 6.07 Å². The summed E-state index contributed by atoms with van der Waals surface area (Å²) in [6, 6.07) is 8.63. The Labute approximate surface area is 450 Å². The molecule has 13 aliphatic rings. The van der Waals surface area contributed by atoms with Gasteiger partial charge in [0.05, 0.1) is 46.5 Å². The fourth-order valence-electron chi connectivity index (χ4n) is 20.1. The van der Waals surface area contributed by atoms with Crippen LogP contribution in [0.2, 0.25) is 0 Å². The van der Waals surface area contributed by atoms with Gasteiger partial charge in [-0.15, -0.1) is 0 Å².